The van der Waals surface area contributed by atoms with Gasteiger partial charge in [-0.25, -0.2) is 9.97 Å². The Morgan fingerprint density at radius 3 is 2.67 bits per heavy atom. The van der Waals surface area contributed by atoms with Crippen LogP contribution in [0.15, 0.2) is 53.8 Å². The van der Waals surface area contributed by atoms with E-state index in [1.807, 2.05) is 12.1 Å². The van der Waals surface area contributed by atoms with Gasteiger partial charge in [-0.2, -0.15) is 13.2 Å². The molecule has 0 aliphatic rings. The van der Waals surface area contributed by atoms with Crippen molar-refractivity contribution in [2.45, 2.75) is 19.1 Å². The molecule has 160 valence electrons. The van der Waals surface area contributed by atoms with Crippen molar-refractivity contribution in [3.8, 4) is 0 Å². The first-order valence-corrected chi connectivity index (χ1v) is 9.60. The van der Waals surface area contributed by atoms with Crippen LogP contribution in [0.3, 0.4) is 0 Å². The molecular weight excluding hydrogens is 395 g/mol. The minimum absolute atomic E-state index is 0.0616. The molecule has 2 heterocycles. The number of nitrogens with zero attached hydrogens (tertiary/aromatic N) is 4. The molecule has 1 aromatic carbocycles. The summed E-state index contributed by atoms with van der Waals surface area (Å²) in [6.07, 6.45) is -0.411. The lowest BCUT2D eigenvalue weighted by Gasteiger charge is -2.13. The maximum Gasteiger partial charge on any atom is 0.433 e. The minimum Gasteiger partial charge on any atom is -0.356 e. The zero-order chi connectivity index (χ0) is 21.4. The van der Waals surface area contributed by atoms with E-state index < -0.39 is 11.9 Å². The number of hydrogen-bond donors (Lipinski definition) is 3. The SMILES string of the molecule is CN=C(NCCCn1ccc2ccccc21)NCCNc1nccc(C(F)(F)F)n1. The summed E-state index contributed by atoms with van der Waals surface area (Å²) in [5.74, 6) is 0.563. The molecule has 0 radical (unpaired) electrons. The molecule has 10 heteroatoms. The fourth-order valence-corrected chi connectivity index (χ4v) is 2.97. The van der Waals surface area contributed by atoms with Gasteiger partial charge in [0.25, 0.3) is 0 Å². The molecule has 3 aromatic rings. The fourth-order valence-electron chi connectivity index (χ4n) is 2.97. The maximum absolute atomic E-state index is 12.7. The van der Waals surface area contributed by atoms with Crippen LogP contribution in [0.4, 0.5) is 19.1 Å². The zero-order valence-electron chi connectivity index (χ0n) is 16.6. The molecule has 0 saturated carbocycles. The molecule has 3 N–H and O–H groups in total. The smallest absolute Gasteiger partial charge is 0.356 e. The van der Waals surface area contributed by atoms with Gasteiger partial charge in [0.05, 0.1) is 0 Å². The van der Waals surface area contributed by atoms with Crippen LogP contribution < -0.4 is 16.0 Å². The summed E-state index contributed by atoms with van der Waals surface area (Å²) in [7, 11) is 1.66. The molecular formula is C20H24F3N7. The Hall–Kier alpha value is -3.30. The second-order valence-corrected chi connectivity index (χ2v) is 6.54. The number of rotatable bonds is 8. The lowest BCUT2D eigenvalue weighted by molar-refractivity contribution is -0.141. The van der Waals surface area contributed by atoms with Gasteiger partial charge in [-0.05, 0) is 30.0 Å². The molecule has 0 amide bonds. The van der Waals surface area contributed by atoms with Crippen LogP contribution in [-0.4, -0.2) is 47.2 Å². The number of hydrogen-bond acceptors (Lipinski definition) is 4. The number of aromatic nitrogens is 3. The number of fused-ring (bicyclic) bond motifs is 1. The summed E-state index contributed by atoms with van der Waals surface area (Å²) in [5.41, 5.74) is 0.240. The third-order valence-electron chi connectivity index (χ3n) is 4.42. The Kier molecular flexibility index (Phi) is 7.10. The summed E-state index contributed by atoms with van der Waals surface area (Å²) in [4.78, 5) is 11.4. The van der Waals surface area contributed by atoms with E-state index in [0.717, 1.165) is 31.8 Å². The number of benzene rings is 1. The van der Waals surface area contributed by atoms with E-state index >= 15 is 0 Å². The number of alkyl halides is 3. The third kappa shape index (κ3) is 5.85. The van der Waals surface area contributed by atoms with Crippen molar-refractivity contribution in [3.63, 3.8) is 0 Å². The molecule has 0 aliphatic heterocycles. The number of nitrogens with one attached hydrogen (secondary N) is 3. The average molecular weight is 419 g/mol. The van der Waals surface area contributed by atoms with E-state index in [2.05, 4.69) is 59.9 Å². The van der Waals surface area contributed by atoms with E-state index in [1.54, 1.807) is 7.05 Å². The number of aliphatic imine (C=N–C) groups is 1. The molecule has 0 bridgehead atoms. The number of aryl methyl sites for hydroxylation is 1. The number of guanidine groups is 1. The highest BCUT2D eigenvalue weighted by molar-refractivity contribution is 5.80. The van der Waals surface area contributed by atoms with Gasteiger partial charge >= 0.3 is 6.18 Å². The molecule has 0 aliphatic carbocycles. The lowest BCUT2D eigenvalue weighted by Crippen LogP contribution is -2.40. The highest BCUT2D eigenvalue weighted by Crippen LogP contribution is 2.27. The zero-order valence-corrected chi connectivity index (χ0v) is 16.6. The quantitative estimate of drug-likeness (QED) is 0.297. The van der Waals surface area contributed by atoms with Gasteiger partial charge in [-0.3, -0.25) is 4.99 Å². The second-order valence-electron chi connectivity index (χ2n) is 6.54. The van der Waals surface area contributed by atoms with Crippen molar-refractivity contribution in [2.75, 3.05) is 32.0 Å². The first-order chi connectivity index (χ1) is 14.5. The largest absolute Gasteiger partial charge is 0.433 e. The van der Waals surface area contributed by atoms with Crippen LogP contribution in [0, 0.1) is 0 Å². The molecule has 0 atom stereocenters. The van der Waals surface area contributed by atoms with Crippen molar-refractivity contribution in [1.29, 1.82) is 0 Å². The van der Waals surface area contributed by atoms with Crippen molar-refractivity contribution in [3.05, 3.63) is 54.5 Å². The highest BCUT2D eigenvalue weighted by Gasteiger charge is 2.32. The van der Waals surface area contributed by atoms with Crippen molar-refractivity contribution in [2.24, 2.45) is 4.99 Å². The van der Waals surface area contributed by atoms with E-state index in [-0.39, 0.29) is 5.95 Å². The lowest BCUT2D eigenvalue weighted by atomic mass is 10.2. The topological polar surface area (TPSA) is 79.2 Å². The molecule has 0 fully saturated rings. The normalized spacial score (nSPS) is 12.2. The molecule has 0 saturated heterocycles. The van der Waals surface area contributed by atoms with E-state index in [0.29, 0.717) is 19.0 Å². The summed E-state index contributed by atoms with van der Waals surface area (Å²) in [6.45, 7) is 2.40. The molecule has 2 aromatic heterocycles. The Bertz CT molecular complexity index is 982. The van der Waals surface area contributed by atoms with Crippen molar-refractivity contribution >= 4 is 22.8 Å². The first-order valence-electron chi connectivity index (χ1n) is 9.60. The standard InChI is InChI=1S/C20H24F3N7/c1-24-18(25-9-4-13-30-14-8-15-5-2-3-6-16(15)30)27-11-12-28-19-26-10-7-17(29-19)20(21,22)23/h2-3,5-8,10,14H,4,9,11-13H2,1H3,(H2,24,25,27)(H,26,28,29). The van der Waals surface area contributed by atoms with Crippen LogP contribution in [0.5, 0.6) is 0 Å². The molecule has 0 spiro atoms. The Labute approximate surface area is 172 Å². The molecule has 7 nitrogen and oxygen atoms in total. The van der Waals surface area contributed by atoms with Crippen LogP contribution in [0.1, 0.15) is 12.1 Å². The van der Waals surface area contributed by atoms with Gasteiger partial charge in [0.1, 0.15) is 5.69 Å². The van der Waals surface area contributed by atoms with Gasteiger partial charge in [0.2, 0.25) is 5.95 Å². The predicted octanol–water partition coefficient (Wildman–Crippen LogP) is 3.12. The van der Waals surface area contributed by atoms with Gasteiger partial charge in [0.15, 0.2) is 5.96 Å². The van der Waals surface area contributed by atoms with E-state index in [1.165, 1.54) is 10.9 Å². The van der Waals surface area contributed by atoms with Crippen LogP contribution in [-0.2, 0) is 12.7 Å². The van der Waals surface area contributed by atoms with E-state index in [4.69, 9.17) is 0 Å². The average Bonchev–Trinajstić information content (AvgIpc) is 3.15. The van der Waals surface area contributed by atoms with Gasteiger partial charge in [-0.15, -0.1) is 0 Å². The van der Waals surface area contributed by atoms with Gasteiger partial charge in [0, 0.05) is 51.1 Å². The summed E-state index contributed by atoms with van der Waals surface area (Å²) < 4.78 is 40.2. The molecule has 0 unspecified atom stereocenters. The second kappa shape index (κ2) is 9.95. The number of para-hydroxylation sites is 1. The van der Waals surface area contributed by atoms with Gasteiger partial charge < -0.3 is 20.5 Å². The predicted molar refractivity (Wildman–Crippen MR) is 111 cm³/mol. The Morgan fingerprint density at radius 2 is 1.87 bits per heavy atom. The van der Waals surface area contributed by atoms with Crippen molar-refractivity contribution in [1.82, 2.24) is 25.2 Å². The third-order valence-corrected chi connectivity index (χ3v) is 4.42. The van der Waals surface area contributed by atoms with Crippen LogP contribution in [0.2, 0.25) is 0 Å². The Balaban J connectivity index is 1.36. The highest BCUT2D eigenvalue weighted by atomic mass is 19.4. The van der Waals surface area contributed by atoms with Gasteiger partial charge in [-0.1, -0.05) is 18.2 Å². The number of halogens is 3. The number of anilines is 1. The fraction of sp³-hybridized carbons (Fsp3) is 0.350. The summed E-state index contributed by atoms with van der Waals surface area (Å²) in [5, 5.41) is 10.3. The monoisotopic (exact) mass is 419 g/mol. The van der Waals surface area contributed by atoms with Crippen LogP contribution in [0.25, 0.3) is 10.9 Å². The summed E-state index contributed by atoms with van der Waals surface area (Å²) >= 11 is 0. The molecule has 3 rings (SSSR count). The molecule has 30 heavy (non-hydrogen) atoms. The summed E-state index contributed by atoms with van der Waals surface area (Å²) in [6, 6.07) is 11.2. The first kappa shape index (κ1) is 21.4. The van der Waals surface area contributed by atoms with Crippen molar-refractivity contribution < 1.29 is 13.2 Å². The minimum atomic E-state index is -4.49. The van der Waals surface area contributed by atoms with E-state index in [9.17, 15) is 13.2 Å². The Morgan fingerprint density at radius 1 is 1.07 bits per heavy atom. The maximum atomic E-state index is 12.7. The van der Waals surface area contributed by atoms with Crippen LogP contribution >= 0.6 is 0 Å².